The van der Waals surface area contributed by atoms with Crippen molar-refractivity contribution in [2.45, 2.75) is 50.6 Å². The Bertz CT molecular complexity index is 291. The molecule has 1 saturated carbocycles. The monoisotopic (exact) mass is 220 g/mol. The molecule has 1 atom stereocenters. The van der Waals surface area contributed by atoms with Gasteiger partial charge in [-0.3, -0.25) is 4.79 Å². The predicted octanol–water partition coefficient (Wildman–Crippen LogP) is 1.14. The number of nitrogens with zero attached hydrogens (tertiary/aromatic N) is 1. The van der Waals surface area contributed by atoms with Gasteiger partial charge in [0.2, 0.25) is 5.91 Å². The number of amides is 1. The Labute approximate surface area is 97.6 Å². The highest BCUT2D eigenvalue weighted by Gasteiger charge is 2.32. The summed E-state index contributed by atoms with van der Waals surface area (Å²) in [4.78, 5) is 14.1. The third-order valence-electron chi connectivity index (χ3n) is 3.29. The number of likely N-dealkylation sites (tertiary alicyclic amines) is 1. The molecule has 1 amide bonds. The molecule has 0 aromatic heterocycles. The molecule has 0 aromatic carbocycles. The fourth-order valence-corrected chi connectivity index (χ4v) is 2.22. The maximum atomic E-state index is 12.1. The minimum Gasteiger partial charge on any atom is -0.341 e. The summed E-state index contributed by atoms with van der Waals surface area (Å²) >= 11 is 0. The average Bonchev–Trinajstić information content (AvgIpc) is 3.08. The number of carbonyl (C=O) groups excluding carboxylic acids is 1. The number of nitrogens with one attached hydrogen (secondary N) is 1. The Morgan fingerprint density at radius 2 is 2.25 bits per heavy atom. The van der Waals surface area contributed by atoms with E-state index in [1.165, 1.54) is 12.8 Å². The topological polar surface area (TPSA) is 32.3 Å². The first-order valence-electron chi connectivity index (χ1n) is 6.29. The van der Waals surface area contributed by atoms with Crippen molar-refractivity contribution in [1.82, 2.24) is 10.2 Å². The molecule has 1 heterocycles. The number of unbranched alkanes of at least 4 members (excludes halogenated alkanes) is 1. The molecule has 3 heteroatoms. The molecule has 2 aliphatic rings. The summed E-state index contributed by atoms with van der Waals surface area (Å²) < 4.78 is 0. The van der Waals surface area contributed by atoms with E-state index in [2.05, 4.69) is 11.2 Å². The van der Waals surface area contributed by atoms with Crippen LogP contribution in [-0.4, -0.2) is 36.0 Å². The number of rotatable bonds is 5. The van der Waals surface area contributed by atoms with Crippen molar-refractivity contribution < 1.29 is 4.79 Å². The van der Waals surface area contributed by atoms with Crippen LogP contribution < -0.4 is 5.32 Å². The third-order valence-corrected chi connectivity index (χ3v) is 3.29. The quantitative estimate of drug-likeness (QED) is 0.556. The molecule has 1 saturated heterocycles. The number of piperidine rings is 1. The van der Waals surface area contributed by atoms with Gasteiger partial charge in [-0.25, -0.2) is 0 Å². The fraction of sp³-hybridized carbons (Fsp3) is 0.769. The second kappa shape index (κ2) is 5.36. The van der Waals surface area contributed by atoms with Gasteiger partial charge in [0, 0.05) is 25.6 Å². The van der Waals surface area contributed by atoms with Gasteiger partial charge in [-0.1, -0.05) is 0 Å². The summed E-state index contributed by atoms with van der Waals surface area (Å²) in [6, 6.07) is 0.687. The van der Waals surface area contributed by atoms with Crippen LogP contribution in [0.1, 0.15) is 38.5 Å². The second-order valence-corrected chi connectivity index (χ2v) is 4.77. The molecule has 0 radical (unpaired) electrons. The zero-order valence-corrected chi connectivity index (χ0v) is 9.74. The van der Waals surface area contributed by atoms with Crippen LogP contribution in [0.25, 0.3) is 0 Å². The Balaban J connectivity index is 1.79. The standard InChI is InChI=1S/C13H20N2O/c1-2-3-4-9-15-10-5-6-12(13(15)16)14-11-7-8-11/h1,11-12,14H,3-10H2. The average molecular weight is 220 g/mol. The van der Waals surface area contributed by atoms with E-state index in [0.29, 0.717) is 6.04 Å². The molecule has 2 fully saturated rings. The van der Waals surface area contributed by atoms with Gasteiger partial charge in [0.25, 0.3) is 0 Å². The van der Waals surface area contributed by atoms with Gasteiger partial charge in [0.05, 0.1) is 6.04 Å². The first kappa shape index (κ1) is 11.5. The molecule has 16 heavy (non-hydrogen) atoms. The zero-order valence-electron chi connectivity index (χ0n) is 9.74. The van der Waals surface area contributed by atoms with E-state index in [-0.39, 0.29) is 11.9 Å². The Morgan fingerprint density at radius 1 is 1.44 bits per heavy atom. The molecule has 1 unspecified atom stereocenters. The highest BCUT2D eigenvalue weighted by molar-refractivity contribution is 5.82. The highest BCUT2D eigenvalue weighted by Crippen LogP contribution is 2.22. The van der Waals surface area contributed by atoms with Gasteiger partial charge in [0.15, 0.2) is 0 Å². The van der Waals surface area contributed by atoms with Crippen LogP contribution in [0.5, 0.6) is 0 Å². The van der Waals surface area contributed by atoms with Gasteiger partial charge < -0.3 is 10.2 Å². The van der Waals surface area contributed by atoms with Crippen molar-refractivity contribution >= 4 is 5.91 Å². The van der Waals surface area contributed by atoms with Crippen LogP contribution in [0.3, 0.4) is 0 Å². The van der Waals surface area contributed by atoms with E-state index in [1.807, 2.05) is 4.90 Å². The van der Waals surface area contributed by atoms with Crippen LogP contribution >= 0.6 is 0 Å². The SMILES string of the molecule is C#CCCCN1CCCC(NC2CC2)C1=O. The van der Waals surface area contributed by atoms with Crippen LogP contribution in [-0.2, 0) is 4.79 Å². The van der Waals surface area contributed by atoms with Crippen molar-refractivity contribution in [3.05, 3.63) is 0 Å². The predicted molar refractivity (Wildman–Crippen MR) is 63.8 cm³/mol. The normalized spacial score (nSPS) is 25.6. The number of terminal acetylenes is 1. The lowest BCUT2D eigenvalue weighted by atomic mass is 10.0. The zero-order chi connectivity index (χ0) is 11.4. The number of hydrogen-bond donors (Lipinski definition) is 1. The lowest BCUT2D eigenvalue weighted by Gasteiger charge is -2.32. The summed E-state index contributed by atoms with van der Waals surface area (Å²) in [5.41, 5.74) is 0. The molecule has 0 spiro atoms. The summed E-state index contributed by atoms with van der Waals surface area (Å²) in [7, 11) is 0. The van der Waals surface area contributed by atoms with E-state index in [0.717, 1.165) is 38.8 Å². The van der Waals surface area contributed by atoms with Gasteiger partial charge >= 0.3 is 0 Å². The van der Waals surface area contributed by atoms with Crippen molar-refractivity contribution in [1.29, 1.82) is 0 Å². The molecule has 1 aliphatic carbocycles. The summed E-state index contributed by atoms with van der Waals surface area (Å²) in [6.45, 7) is 1.73. The maximum absolute atomic E-state index is 12.1. The summed E-state index contributed by atoms with van der Waals surface area (Å²) in [6.07, 6.45) is 11.5. The van der Waals surface area contributed by atoms with Gasteiger partial charge in [-0.2, -0.15) is 0 Å². The van der Waals surface area contributed by atoms with E-state index >= 15 is 0 Å². The molecular formula is C13H20N2O. The minimum atomic E-state index is 0.0760. The Morgan fingerprint density at radius 3 is 2.94 bits per heavy atom. The first-order valence-corrected chi connectivity index (χ1v) is 6.29. The van der Waals surface area contributed by atoms with Crippen LogP contribution in [0.4, 0.5) is 0 Å². The molecule has 88 valence electrons. The highest BCUT2D eigenvalue weighted by atomic mass is 16.2. The number of carbonyl (C=O) groups is 1. The van der Waals surface area contributed by atoms with Crippen molar-refractivity contribution in [2.75, 3.05) is 13.1 Å². The van der Waals surface area contributed by atoms with Gasteiger partial charge in [-0.05, 0) is 32.1 Å². The molecule has 2 rings (SSSR count). The van der Waals surface area contributed by atoms with Crippen molar-refractivity contribution in [3.8, 4) is 12.3 Å². The second-order valence-electron chi connectivity index (χ2n) is 4.77. The van der Waals surface area contributed by atoms with E-state index in [1.54, 1.807) is 0 Å². The Kier molecular flexibility index (Phi) is 3.84. The first-order chi connectivity index (χ1) is 7.81. The third kappa shape index (κ3) is 2.99. The van der Waals surface area contributed by atoms with E-state index in [4.69, 9.17) is 6.42 Å². The molecule has 1 aliphatic heterocycles. The van der Waals surface area contributed by atoms with E-state index in [9.17, 15) is 4.79 Å². The lowest BCUT2D eigenvalue weighted by Crippen LogP contribution is -2.51. The van der Waals surface area contributed by atoms with Crippen molar-refractivity contribution in [2.24, 2.45) is 0 Å². The van der Waals surface area contributed by atoms with Crippen LogP contribution in [0.15, 0.2) is 0 Å². The smallest absolute Gasteiger partial charge is 0.239 e. The van der Waals surface area contributed by atoms with Gasteiger partial charge in [0.1, 0.15) is 0 Å². The molecule has 1 N–H and O–H groups in total. The van der Waals surface area contributed by atoms with E-state index < -0.39 is 0 Å². The summed E-state index contributed by atoms with van der Waals surface area (Å²) in [5, 5.41) is 3.43. The lowest BCUT2D eigenvalue weighted by molar-refractivity contribution is -0.136. The van der Waals surface area contributed by atoms with Crippen LogP contribution in [0, 0.1) is 12.3 Å². The molecule has 0 aromatic rings. The molecule has 0 bridgehead atoms. The van der Waals surface area contributed by atoms with Crippen LogP contribution in [0.2, 0.25) is 0 Å². The number of hydrogen-bond acceptors (Lipinski definition) is 2. The molecular weight excluding hydrogens is 200 g/mol. The Hall–Kier alpha value is -1.01. The van der Waals surface area contributed by atoms with Gasteiger partial charge in [-0.15, -0.1) is 12.3 Å². The summed E-state index contributed by atoms with van der Waals surface area (Å²) in [5.74, 6) is 2.91. The largest absolute Gasteiger partial charge is 0.341 e. The minimum absolute atomic E-state index is 0.0760. The molecule has 3 nitrogen and oxygen atoms in total. The fourth-order valence-electron chi connectivity index (χ4n) is 2.22. The maximum Gasteiger partial charge on any atom is 0.239 e. The van der Waals surface area contributed by atoms with Crippen molar-refractivity contribution in [3.63, 3.8) is 0 Å².